The molecule has 4 rings (SSSR count). The average molecular weight is 286 g/mol. The molecule has 106 valence electrons. The number of aromatic nitrogens is 3. The Morgan fingerprint density at radius 2 is 1.36 bits per heavy atom. The molecule has 2 aromatic carbocycles. The van der Waals surface area contributed by atoms with Crippen molar-refractivity contribution >= 4 is 11.5 Å². The van der Waals surface area contributed by atoms with Crippen LogP contribution in [0.4, 0.5) is 5.82 Å². The van der Waals surface area contributed by atoms with Gasteiger partial charge in [-0.25, -0.2) is 9.50 Å². The lowest BCUT2D eigenvalue weighted by Gasteiger charge is -2.06. The van der Waals surface area contributed by atoms with Gasteiger partial charge < -0.3 is 5.73 Å². The SMILES string of the molecule is Nc1nc2c(-c3ccccc3)cnn2cc1-c1ccccc1. The first-order chi connectivity index (χ1) is 10.8. The second-order valence-electron chi connectivity index (χ2n) is 5.10. The molecule has 0 radical (unpaired) electrons. The molecule has 0 bridgehead atoms. The largest absolute Gasteiger partial charge is 0.383 e. The molecule has 0 spiro atoms. The Bertz CT molecular complexity index is 927. The number of fused-ring (bicyclic) bond motifs is 1. The van der Waals surface area contributed by atoms with Crippen molar-refractivity contribution in [2.24, 2.45) is 0 Å². The van der Waals surface area contributed by atoms with Gasteiger partial charge in [0.15, 0.2) is 5.65 Å². The van der Waals surface area contributed by atoms with Gasteiger partial charge in [0.25, 0.3) is 0 Å². The van der Waals surface area contributed by atoms with Gasteiger partial charge >= 0.3 is 0 Å². The molecule has 0 aliphatic rings. The number of nitrogens with two attached hydrogens (primary N) is 1. The van der Waals surface area contributed by atoms with E-state index in [9.17, 15) is 0 Å². The lowest BCUT2D eigenvalue weighted by molar-refractivity contribution is 0.943. The van der Waals surface area contributed by atoms with Crippen molar-refractivity contribution in [1.82, 2.24) is 14.6 Å². The molecular weight excluding hydrogens is 272 g/mol. The van der Waals surface area contributed by atoms with Crippen molar-refractivity contribution in [3.8, 4) is 22.3 Å². The number of nitrogens with zero attached hydrogens (tertiary/aromatic N) is 3. The van der Waals surface area contributed by atoms with Gasteiger partial charge in [-0.15, -0.1) is 0 Å². The first-order valence-electron chi connectivity index (χ1n) is 7.07. The van der Waals surface area contributed by atoms with Crippen molar-refractivity contribution in [3.63, 3.8) is 0 Å². The van der Waals surface area contributed by atoms with Crippen LogP contribution in [-0.4, -0.2) is 14.6 Å². The highest BCUT2D eigenvalue weighted by Gasteiger charge is 2.12. The lowest BCUT2D eigenvalue weighted by atomic mass is 10.1. The topological polar surface area (TPSA) is 56.2 Å². The number of rotatable bonds is 2. The van der Waals surface area contributed by atoms with E-state index in [0.29, 0.717) is 5.82 Å². The molecule has 0 fully saturated rings. The lowest BCUT2D eigenvalue weighted by Crippen LogP contribution is -1.99. The number of anilines is 1. The summed E-state index contributed by atoms with van der Waals surface area (Å²) in [5.41, 5.74) is 10.9. The third-order valence-electron chi connectivity index (χ3n) is 3.69. The molecule has 22 heavy (non-hydrogen) atoms. The van der Waals surface area contributed by atoms with Crippen LogP contribution in [0.5, 0.6) is 0 Å². The summed E-state index contributed by atoms with van der Waals surface area (Å²) in [6.45, 7) is 0. The summed E-state index contributed by atoms with van der Waals surface area (Å²) in [5, 5.41) is 4.42. The summed E-state index contributed by atoms with van der Waals surface area (Å²) < 4.78 is 1.78. The zero-order chi connectivity index (χ0) is 14.9. The van der Waals surface area contributed by atoms with E-state index in [-0.39, 0.29) is 0 Å². The van der Waals surface area contributed by atoms with Crippen LogP contribution in [0.25, 0.3) is 27.9 Å². The van der Waals surface area contributed by atoms with Crippen molar-refractivity contribution in [2.45, 2.75) is 0 Å². The minimum atomic E-state index is 0.511. The molecule has 4 heteroatoms. The molecular formula is C18H14N4. The van der Waals surface area contributed by atoms with Crippen LogP contribution < -0.4 is 5.73 Å². The molecule has 0 saturated carbocycles. The molecule has 0 saturated heterocycles. The van der Waals surface area contributed by atoms with Crippen molar-refractivity contribution in [1.29, 1.82) is 0 Å². The maximum absolute atomic E-state index is 6.17. The Morgan fingerprint density at radius 1 is 0.773 bits per heavy atom. The fourth-order valence-electron chi connectivity index (χ4n) is 2.59. The zero-order valence-corrected chi connectivity index (χ0v) is 11.8. The van der Waals surface area contributed by atoms with Crippen LogP contribution in [0.3, 0.4) is 0 Å². The highest BCUT2D eigenvalue weighted by molar-refractivity contribution is 5.81. The van der Waals surface area contributed by atoms with E-state index in [1.54, 1.807) is 4.52 Å². The Balaban J connectivity index is 1.91. The Kier molecular flexibility index (Phi) is 2.86. The molecule has 0 amide bonds. The minimum Gasteiger partial charge on any atom is -0.383 e. The van der Waals surface area contributed by atoms with Gasteiger partial charge in [-0.3, -0.25) is 0 Å². The minimum absolute atomic E-state index is 0.511. The van der Waals surface area contributed by atoms with E-state index < -0.39 is 0 Å². The number of benzene rings is 2. The van der Waals surface area contributed by atoms with Gasteiger partial charge in [0, 0.05) is 17.3 Å². The maximum atomic E-state index is 6.17. The first kappa shape index (κ1) is 12.6. The highest BCUT2D eigenvalue weighted by atomic mass is 15.2. The van der Waals surface area contributed by atoms with E-state index >= 15 is 0 Å². The Morgan fingerprint density at radius 3 is 2.00 bits per heavy atom. The summed E-state index contributed by atoms with van der Waals surface area (Å²) in [4.78, 5) is 4.57. The van der Waals surface area contributed by atoms with Gasteiger partial charge in [-0.1, -0.05) is 60.7 Å². The summed E-state index contributed by atoms with van der Waals surface area (Å²) in [6.07, 6.45) is 3.76. The van der Waals surface area contributed by atoms with Crippen LogP contribution in [0.1, 0.15) is 0 Å². The van der Waals surface area contributed by atoms with Gasteiger partial charge in [0.2, 0.25) is 0 Å². The molecule has 2 heterocycles. The zero-order valence-electron chi connectivity index (χ0n) is 11.8. The standard InChI is InChI=1S/C18H14N4/c19-17-16(14-9-5-2-6-10-14)12-22-18(21-17)15(11-20-22)13-7-3-1-4-8-13/h1-12H,(H2,19,21). The van der Waals surface area contributed by atoms with Crippen molar-refractivity contribution in [3.05, 3.63) is 73.1 Å². The molecule has 2 N–H and O–H groups in total. The van der Waals surface area contributed by atoms with Crippen LogP contribution in [-0.2, 0) is 0 Å². The molecule has 2 aromatic heterocycles. The van der Waals surface area contributed by atoms with Gasteiger partial charge in [0.1, 0.15) is 5.82 Å². The molecule has 4 nitrogen and oxygen atoms in total. The Labute approximate surface area is 127 Å². The smallest absolute Gasteiger partial charge is 0.165 e. The molecule has 0 unspecified atom stereocenters. The number of hydrogen-bond donors (Lipinski definition) is 1. The monoisotopic (exact) mass is 286 g/mol. The number of nitrogen functional groups attached to an aromatic ring is 1. The predicted octanol–water partition coefficient (Wildman–Crippen LogP) is 3.65. The summed E-state index contributed by atoms with van der Waals surface area (Å²) in [7, 11) is 0. The van der Waals surface area contributed by atoms with Crippen LogP contribution in [0, 0.1) is 0 Å². The fraction of sp³-hybridized carbons (Fsp3) is 0. The van der Waals surface area contributed by atoms with Crippen LogP contribution >= 0.6 is 0 Å². The van der Waals surface area contributed by atoms with Crippen molar-refractivity contribution in [2.75, 3.05) is 5.73 Å². The summed E-state index contributed by atoms with van der Waals surface area (Å²) in [6, 6.07) is 20.1. The Hall–Kier alpha value is -3.14. The quantitative estimate of drug-likeness (QED) is 0.612. The predicted molar refractivity (Wildman–Crippen MR) is 88.3 cm³/mol. The van der Waals surface area contributed by atoms with E-state index in [4.69, 9.17) is 5.73 Å². The highest BCUT2D eigenvalue weighted by Crippen LogP contribution is 2.28. The normalized spacial score (nSPS) is 10.9. The third-order valence-corrected chi connectivity index (χ3v) is 3.69. The summed E-state index contributed by atoms with van der Waals surface area (Å²) >= 11 is 0. The molecule has 0 aliphatic heterocycles. The van der Waals surface area contributed by atoms with E-state index in [1.165, 1.54) is 0 Å². The average Bonchev–Trinajstić information content (AvgIpc) is 2.98. The first-order valence-corrected chi connectivity index (χ1v) is 7.07. The van der Waals surface area contributed by atoms with E-state index in [2.05, 4.69) is 10.1 Å². The third kappa shape index (κ3) is 2.02. The molecule has 0 aliphatic carbocycles. The second-order valence-corrected chi connectivity index (χ2v) is 5.10. The second kappa shape index (κ2) is 5.00. The van der Waals surface area contributed by atoms with Gasteiger partial charge in [-0.05, 0) is 11.1 Å². The molecule has 4 aromatic rings. The van der Waals surface area contributed by atoms with Crippen LogP contribution in [0.2, 0.25) is 0 Å². The van der Waals surface area contributed by atoms with Crippen LogP contribution in [0.15, 0.2) is 73.1 Å². The van der Waals surface area contributed by atoms with E-state index in [1.807, 2.05) is 73.1 Å². The number of hydrogen-bond acceptors (Lipinski definition) is 3. The van der Waals surface area contributed by atoms with Gasteiger partial charge in [0.05, 0.1) is 6.20 Å². The fourth-order valence-corrected chi connectivity index (χ4v) is 2.59. The maximum Gasteiger partial charge on any atom is 0.165 e. The summed E-state index contributed by atoms with van der Waals surface area (Å²) in [5.74, 6) is 0.511. The molecule has 0 atom stereocenters. The van der Waals surface area contributed by atoms with Gasteiger partial charge in [-0.2, -0.15) is 5.10 Å². The van der Waals surface area contributed by atoms with Crippen molar-refractivity contribution < 1.29 is 0 Å². The van der Waals surface area contributed by atoms with E-state index in [0.717, 1.165) is 27.9 Å².